The van der Waals surface area contributed by atoms with Gasteiger partial charge < -0.3 is 14.8 Å². The SMILES string of the molecule is COc1cccc(C(CNC(=O)c2ccc(F)cc2Cl)OC)c1. The molecule has 122 valence electrons. The second-order valence-electron chi connectivity index (χ2n) is 4.84. The minimum Gasteiger partial charge on any atom is -0.497 e. The fourth-order valence-electron chi connectivity index (χ4n) is 2.13. The monoisotopic (exact) mass is 337 g/mol. The number of methoxy groups -OCH3 is 2. The molecule has 23 heavy (non-hydrogen) atoms. The van der Waals surface area contributed by atoms with Crippen LogP contribution < -0.4 is 10.1 Å². The lowest BCUT2D eigenvalue weighted by atomic mass is 10.1. The second kappa shape index (κ2) is 7.94. The third-order valence-electron chi connectivity index (χ3n) is 3.37. The molecule has 1 unspecified atom stereocenters. The van der Waals surface area contributed by atoms with Gasteiger partial charge >= 0.3 is 0 Å². The number of carbonyl (C=O) groups excluding carboxylic acids is 1. The van der Waals surface area contributed by atoms with E-state index in [0.29, 0.717) is 5.75 Å². The highest BCUT2D eigenvalue weighted by Gasteiger charge is 2.15. The lowest BCUT2D eigenvalue weighted by Crippen LogP contribution is -2.29. The molecular weight excluding hydrogens is 321 g/mol. The first kappa shape index (κ1) is 17.2. The van der Waals surface area contributed by atoms with Gasteiger partial charge in [0.2, 0.25) is 0 Å². The molecule has 1 N–H and O–H groups in total. The zero-order chi connectivity index (χ0) is 16.8. The minimum atomic E-state index is -0.488. The molecule has 6 heteroatoms. The maximum Gasteiger partial charge on any atom is 0.252 e. The molecule has 0 radical (unpaired) electrons. The topological polar surface area (TPSA) is 47.6 Å². The van der Waals surface area contributed by atoms with Crippen molar-refractivity contribution in [2.24, 2.45) is 0 Å². The smallest absolute Gasteiger partial charge is 0.252 e. The summed E-state index contributed by atoms with van der Waals surface area (Å²) in [5.74, 6) is -0.171. The van der Waals surface area contributed by atoms with Gasteiger partial charge in [-0.1, -0.05) is 23.7 Å². The van der Waals surface area contributed by atoms with Crippen LogP contribution in [0.4, 0.5) is 4.39 Å². The molecule has 0 bridgehead atoms. The zero-order valence-corrected chi connectivity index (χ0v) is 13.6. The Labute approximate surface area is 139 Å². The summed E-state index contributed by atoms with van der Waals surface area (Å²) in [6.07, 6.45) is -0.340. The van der Waals surface area contributed by atoms with Crippen LogP contribution in [0.5, 0.6) is 5.75 Å². The molecule has 1 amide bonds. The van der Waals surface area contributed by atoms with Gasteiger partial charge in [0.15, 0.2) is 0 Å². The predicted molar refractivity (Wildman–Crippen MR) is 86.5 cm³/mol. The fourth-order valence-corrected chi connectivity index (χ4v) is 2.39. The summed E-state index contributed by atoms with van der Waals surface area (Å²) < 4.78 is 23.6. The van der Waals surface area contributed by atoms with E-state index in [1.807, 2.05) is 24.3 Å². The van der Waals surface area contributed by atoms with Crippen LogP contribution in [0, 0.1) is 5.82 Å². The number of carbonyl (C=O) groups is 1. The molecule has 2 aromatic carbocycles. The van der Waals surface area contributed by atoms with Gasteiger partial charge in [0, 0.05) is 13.7 Å². The molecule has 0 spiro atoms. The molecule has 0 aliphatic carbocycles. The Morgan fingerprint density at radius 3 is 2.70 bits per heavy atom. The van der Waals surface area contributed by atoms with Crippen LogP contribution in [0.2, 0.25) is 5.02 Å². The first-order valence-corrected chi connectivity index (χ1v) is 7.33. The van der Waals surface area contributed by atoms with E-state index in [9.17, 15) is 9.18 Å². The first-order chi connectivity index (χ1) is 11.0. The lowest BCUT2D eigenvalue weighted by molar-refractivity contribution is 0.0827. The van der Waals surface area contributed by atoms with Gasteiger partial charge in [0.1, 0.15) is 11.6 Å². The van der Waals surface area contributed by atoms with Crippen LogP contribution in [-0.4, -0.2) is 26.7 Å². The number of amides is 1. The van der Waals surface area contributed by atoms with Crippen molar-refractivity contribution in [2.75, 3.05) is 20.8 Å². The summed E-state index contributed by atoms with van der Waals surface area (Å²) in [5, 5.41) is 2.80. The minimum absolute atomic E-state index is 0.0675. The largest absolute Gasteiger partial charge is 0.497 e. The zero-order valence-electron chi connectivity index (χ0n) is 12.8. The van der Waals surface area contributed by atoms with Crippen LogP contribution in [0.25, 0.3) is 0 Å². The van der Waals surface area contributed by atoms with Crippen molar-refractivity contribution >= 4 is 17.5 Å². The number of rotatable bonds is 6. The summed E-state index contributed by atoms with van der Waals surface area (Å²) in [7, 11) is 3.14. The normalized spacial score (nSPS) is 11.8. The molecule has 0 aliphatic rings. The Balaban J connectivity index is 2.06. The van der Waals surface area contributed by atoms with Gasteiger partial charge in [-0.2, -0.15) is 0 Å². The second-order valence-corrected chi connectivity index (χ2v) is 5.24. The molecule has 1 atom stereocenters. The number of ether oxygens (including phenoxy) is 2. The summed E-state index contributed by atoms with van der Waals surface area (Å²) in [5.41, 5.74) is 1.09. The molecule has 4 nitrogen and oxygen atoms in total. The molecule has 0 aliphatic heterocycles. The highest BCUT2D eigenvalue weighted by molar-refractivity contribution is 6.33. The molecule has 0 saturated carbocycles. The van der Waals surface area contributed by atoms with Gasteiger partial charge in [-0.25, -0.2) is 4.39 Å². The van der Waals surface area contributed by atoms with Crippen molar-refractivity contribution in [1.82, 2.24) is 5.32 Å². The van der Waals surface area contributed by atoms with Crippen LogP contribution in [0.15, 0.2) is 42.5 Å². The first-order valence-electron chi connectivity index (χ1n) is 6.95. The van der Waals surface area contributed by atoms with Crippen molar-refractivity contribution in [3.05, 3.63) is 64.4 Å². The molecule has 0 saturated heterocycles. The number of hydrogen-bond donors (Lipinski definition) is 1. The van der Waals surface area contributed by atoms with E-state index < -0.39 is 5.82 Å². The van der Waals surface area contributed by atoms with Crippen LogP contribution >= 0.6 is 11.6 Å². The van der Waals surface area contributed by atoms with Crippen molar-refractivity contribution in [3.8, 4) is 5.75 Å². The lowest BCUT2D eigenvalue weighted by Gasteiger charge is -2.17. The molecular formula is C17H17ClFNO3. The molecule has 0 heterocycles. The number of halogens is 2. The summed E-state index contributed by atoms with van der Waals surface area (Å²) >= 11 is 5.88. The summed E-state index contributed by atoms with van der Waals surface area (Å²) in [6, 6.07) is 11.0. The molecule has 0 aromatic heterocycles. The maximum atomic E-state index is 13.0. The highest BCUT2D eigenvalue weighted by Crippen LogP contribution is 2.22. The van der Waals surface area contributed by atoms with E-state index in [1.165, 1.54) is 12.1 Å². The van der Waals surface area contributed by atoms with Gasteiger partial charge in [0.05, 0.1) is 23.8 Å². The van der Waals surface area contributed by atoms with E-state index in [2.05, 4.69) is 5.32 Å². The highest BCUT2D eigenvalue weighted by atomic mass is 35.5. The average molecular weight is 338 g/mol. The van der Waals surface area contributed by atoms with E-state index in [4.69, 9.17) is 21.1 Å². The number of nitrogens with one attached hydrogen (secondary N) is 1. The molecule has 0 fully saturated rings. The van der Waals surface area contributed by atoms with Crippen LogP contribution in [0.3, 0.4) is 0 Å². The van der Waals surface area contributed by atoms with Gasteiger partial charge in [-0.05, 0) is 35.9 Å². The third kappa shape index (κ3) is 4.43. The standard InChI is InChI=1S/C17H17ClFNO3/c1-22-13-5-3-4-11(8-13)16(23-2)10-20-17(21)14-7-6-12(19)9-15(14)18/h3-9,16H,10H2,1-2H3,(H,20,21). The van der Waals surface area contributed by atoms with Crippen molar-refractivity contribution in [2.45, 2.75) is 6.10 Å². The quantitative estimate of drug-likeness (QED) is 0.876. The van der Waals surface area contributed by atoms with E-state index in [-0.39, 0.29) is 29.1 Å². The van der Waals surface area contributed by atoms with Crippen LogP contribution in [-0.2, 0) is 4.74 Å². The van der Waals surface area contributed by atoms with Crippen LogP contribution in [0.1, 0.15) is 22.0 Å². The average Bonchev–Trinajstić information content (AvgIpc) is 2.55. The summed E-state index contributed by atoms with van der Waals surface area (Å²) in [6.45, 7) is 0.246. The predicted octanol–water partition coefficient (Wildman–Crippen LogP) is 3.61. The number of hydrogen-bond acceptors (Lipinski definition) is 3. The van der Waals surface area contributed by atoms with Gasteiger partial charge in [-0.15, -0.1) is 0 Å². The summed E-state index contributed by atoms with van der Waals surface area (Å²) in [4.78, 5) is 12.2. The number of benzene rings is 2. The maximum absolute atomic E-state index is 13.0. The van der Waals surface area contributed by atoms with Gasteiger partial charge in [-0.3, -0.25) is 4.79 Å². The Morgan fingerprint density at radius 2 is 2.04 bits per heavy atom. The Morgan fingerprint density at radius 1 is 1.26 bits per heavy atom. The van der Waals surface area contributed by atoms with E-state index in [1.54, 1.807) is 14.2 Å². The Bertz CT molecular complexity index is 693. The Kier molecular flexibility index (Phi) is 5.96. The Hall–Kier alpha value is -2.11. The van der Waals surface area contributed by atoms with Crippen molar-refractivity contribution < 1.29 is 18.7 Å². The van der Waals surface area contributed by atoms with Crippen molar-refractivity contribution in [3.63, 3.8) is 0 Å². The van der Waals surface area contributed by atoms with Gasteiger partial charge in [0.25, 0.3) is 5.91 Å². The van der Waals surface area contributed by atoms with E-state index in [0.717, 1.165) is 11.6 Å². The fraction of sp³-hybridized carbons (Fsp3) is 0.235. The molecule has 2 aromatic rings. The van der Waals surface area contributed by atoms with Crippen molar-refractivity contribution in [1.29, 1.82) is 0 Å². The van der Waals surface area contributed by atoms with E-state index >= 15 is 0 Å². The molecule has 2 rings (SSSR count). The third-order valence-corrected chi connectivity index (χ3v) is 3.69.